The number of likely N-dealkylation sites (tertiary alicyclic amines) is 1. The topological polar surface area (TPSA) is 52.4 Å². The van der Waals surface area contributed by atoms with Crippen molar-refractivity contribution in [1.82, 2.24) is 4.90 Å². The van der Waals surface area contributed by atoms with E-state index in [1.54, 1.807) is 12.1 Å². The fourth-order valence-corrected chi connectivity index (χ4v) is 3.11. The van der Waals surface area contributed by atoms with Crippen LogP contribution in [-0.2, 0) is 15.1 Å². The van der Waals surface area contributed by atoms with Crippen molar-refractivity contribution in [3.8, 4) is 11.5 Å². The van der Waals surface area contributed by atoms with Gasteiger partial charge in [0.05, 0.1) is 20.3 Å². The van der Waals surface area contributed by atoms with Crippen LogP contribution in [0, 0.1) is 6.57 Å². The summed E-state index contributed by atoms with van der Waals surface area (Å²) in [5.74, 6) is -0.130. The molecule has 1 heterocycles. The molecule has 0 atom stereocenters. The second-order valence-corrected chi connectivity index (χ2v) is 6.38. The molecule has 8 heteroatoms. The fourth-order valence-electron chi connectivity index (χ4n) is 3.11. The summed E-state index contributed by atoms with van der Waals surface area (Å²) in [7, 11) is 1.34. The molecular weight excluding hydrogens is 358 g/mol. The van der Waals surface area contributed by atoms with Gasteiger partial charge in [-0.15, -0.1) is 0 Å². The van der Waals surface area contributed by atoms with E-state index in [2.05, 4.69) is 14.3 Å². The zero-order valence-corrected chi connectivity index (χ0v) is 15.5. The van der Waals surface area contributed by atoms with E-state index in [0.717, 1.165) is 6.42 Å². The van der Waals surface area contributed by atoms with Crippen LogP contribution in [0.4, 0.5) is 8.78 Å². The van der Waals surface area contributed by atoms with Crippen molar-refractivity contribution in [3.05, 3.63) is 35.2 Å². The highest BCUT2D eigenvalue weighted by molar-refractivity contribution is 5.71. The zero-order chi connectivity index (χ0) is 19.9. The summed E-state index contributed by atoms with van der Waals surface area (Å²) in [6.07, 6.45) is 1.76. The summed E-state index contributed by atoms with van der Waals surface area (Å²) in [5.41, 5.74) is -0.0664. The Hall–Kier alpha value is -2.40. The van der Waals surface area contributed by atoms with Gasteiger partial charge in [-0.25, -0.2) is 6.57 Å². The third kappa shape index (κ3) is 5.30. The first-order valence-corrected chi connectivity index (χ1v) is 8.84. The SMILES string of the molecule is [C-]#[N+]C1(c2ccc(OC(F)F)c(OCCC)c2)CCN(CC(=O)OC)CC1. The van der Waals surface area contributed by atoms with Crippen molar-refractivity contribution in [2.45, 2.75) is 38.3 Å². The molecule has 1 fully saturated rings. The van der Waals surface area contributed by atoms with Crippen LogP contribution in [0.25, 0.3) is 4.85 Å². The largest absolute Gasteiger partial charge is 0.490 e. The number of benzene rings is 1. The number of esters is 1. The molecule has 0 unspecified atom stereocenters. The van der Waals surface area contributed by atoms with E-state index in [4.69, 9.17) is 11.3 Å². The monoisotopic (exact) mass is 382 g/mol. The van der Waals surface area contributed by atoms with Crippen LogP contribution in [0.15, 0.2) is 18.2 Å². The predicted molar refractivity (Wildman–Crippen MR) is 94.8 cm³/mol. The lowest BCUT2D eigenvalue weighted by Crippen LogP contribution is -2.43. The highest BCUT2D eigenvalue weighted by Gasteiger charge is 2.43. The summed E-state index contributed by atoms with van der Waals surface area (Å²) in [4.78, 5) is 17.2. The van der Waals surface area contributed by atoms with Crippen molar-refractivity contribution < 1.29 is 27.8 Å². The summed E-state index contributed by atoms with van der Waals surface area (Å²) in [6, 6.07) is 4.70. The van der Waals surface area contributed by atoms with Crippen LogP contribution < -0.4 is 9.47 Å². The Kier molecular flexibility index (Phi) is 7.36. The summed E-state index contributed by atoms with van der Waals surface area (Å²) in [6.45, 7) is 8.38. The number of carbonyl (C=O) groups is 1. The summed E-state index contributed by atoms with van der Waals surface area (Å²) < 4.78 is 40.0. The molecule has 0 bridgehead atoms. The minimum absolute atomic E-state index is 0.0366. The van der Waals surface area contributed by atoms with Gasteiger partial charge in [0.2, 0.25) is 0 Å². The molecule has 1 aromatic carbocycles. The van der Waals surface area contributed by atoms with Crippen LogP contribution >= 0.6 is 0 Å². The van der Waals surface area contributed by atoms with E-state index < -0.39 is 12.2 Å². The van der Waals surface area contributed by atoms with Crippen LogP contribution in [0.2, 0.25) is 0 Å². The van der Waals surface area contributed by atoms with Crippen LogP contribution in [-0.4, -0.2) is 50.8 Å². The van der Waals surface area contributed by atoms with Crippen molar-refractivity contribution in [2.75, 3.05) is 33.4 Å². The molecule has 1 aliphatic heterocycles. The average Bonchev–Trinajstić information content (AvgIpc) is 2.67. The Morgan fingerprint density at radius 2 is 2.04 bits per heavy atom. The van der Waals surface area contributed by atoms with Crippen LogP contribution in [0.5, 0.6) is 11.5 Å². The van der Waals surface area contributed by atoms with Crippen LogP contribution in [0.1, 0.15) is 31.7 Å². The fraction of sp³-hybridized carbons (Fsp3) is 0.579. The molecule has 0 saturated carbocycles. The molecule has 0 aliphatic carbocycles. The lowest BCUT2D eigenvalue weighted by molar-refractivity contribution is -0.142. The van der Waals surface area contributed by atoms with Gasteiger partial charge in [-0.2, -0.15) is 8.78 Å². The first-order chi connectivity index (χ1) is 12.9. The van der Waals surface area contributed by atoms with Gasteiger partial charge in [0.15, 0.2) is 11.5 Å². The lowest BCUT2D eigenvalue weighted by atomic mass is 9.81. The molecule has 0 spiro atoms. The van der Waals surface area contributed by atoms with Crippen molar-refractivity contribution in [3.63, 3.8) is 0 Å². The number of hydrogen-bond acceptors (Lipinski definition) is 5. The maximum atomic E-state index is 12.6. The van der Waals surface area contributed by atoms with Gasteiger partial charge in [0, 0.05) is 31.5 Å². The maximum absolute atomic E-state index is 12.6. The Labute approximate surface area is 157 Å². The number of hydrogen-bond donors (Lipinski definition) is 0. The van der Waals surface area contributed by atoms with Crippen LogP contribution in [0.3, 0.4) is 0 Å². The van der Waals surface area contributed by atoms with Gasteiger partial charge in [0.25, 0.3) is 5.54 Å². The molecule has 0 N–H and O–H groups in total. The number of rotatable bonds is 8. The molecule has 0 radical (unpaired) electrons. The van der Waals surface area contributed by atoms with Gasteiger partial charge in [-0.05, 0) is 24.6 Å². The van der Waals surface area contributed by atoms with Gasteiger partial charge in [-0.1, -0.05) is 6.92 Å². The normalized spacial score (nSPS) is 16.6. The third-order valence-corrected chi connectivity index (χ3v) is 4.64. The predicted octanol–water partition coefficient (Wildman–Crippen LogP) is 3.46. The number of alkyl halides is 2. The Morgan fingerprint density at radius 1 is 1.33 bits per heavy atom. The third-order valence-electron chi connectivity index (χ3n) is 4.64. The van der Waals surface area contributed by atoms with E-state index in [0.29, 0.717) is 38.1 Å². The zero-order valence-electron chi connectivity index (χ0n) is 15.5. The molecule has 2 rings (SSSR count). The molecule has 0 aromatic heterocycles. The standard InChI is InChI=1S/C19H24F2N2O4/c1-4-11-26-16-12-14(5-6-15(16)27-18(20)21)19(22-2)7-9-23(10-8-19)13-17(24)25-3/h5-6,12,18H,4,7-11,13H2,1,3H3. The van der Waals surface area contributed by atoms with E-state index in [-0.39, 0.29) is 24.0 Å². The molecule has 27 heavy (non-hydrogen) atoms. The quantitative estimate of drug-likeness (QED) is 0.509. The van der Waals surface area contributed by atoms with Gasteiger partial charge in [-0.3, -0.25) is 9.69 Å². The Bertz CT molecular complexity index is 683. The summed E-state index contributed by atoms with van der Waals surface area (Å²) >= 11 is 0. The van der Waals surface area contributed by atoms with Gasteiger partial charge in [0.1, 0.15) is 0 Å². The number of ether oxygens (including phenoxy) is 3. The first kappa shape index (κ1) is 20.9. The maximum Gasteiger partial charge on any atom is 0.387 e. The molecule has 148 valence electrons. The number of halogens is 2. The van der Waals surface area contributed by atoms with Gasteiger partial charge >= 0.3 is 12.6 Å². The lowest BCUT2D eigenvalue weighted by Gasteiger charge is -2.33. The minimum Gasteiger partial charge on any atom is -0.490 e. The molecule has 1 aliphatic rings. The van der Waals surface area contributed by atoms with Gasteiger partial charge < -0.3 is 19.1 Å². The highest BCUT2D eigenvalue weighted by Crippen LogP contribution is 2.41. The Balaban J connectivity index is 2.21. The summed E-state index contributed by atoms with van der Waals surface area (Å²) in [5, 5.41) is 0. The first-order valence-electron chi connectivity index (χ1n) is 8.84. The molecule has 1 aromatic rings. The minimum atomic E-state index is -2.95. The van der Waals surface area contributed by atoms with E-state index >= 15 is 0 Å². The number of carbonyl (C=O) groups excluding carboxylic acids is 1. The number of nitrogens with zero attached hydrogens (tertiary/aromatic N) is 2. The molecular formula is C19H24F2N2O4. The smallest absolute Gasteiger partial charge is 0.387 e. The number of methoxy groups -OCH3 is 1. The number of piperidine rings is 1. The van der Waals surface area contributed by atoms with Crippen molar-refractivity contribution in [1.29, 1.82) is 0 Å². The van der Waals surface area contributed by atoms with Crippen molar-refractivity contribution in [2.24, 2.45) is 0 Å². The average molecular weight is 382 g/mol. The second kappa shape index (κ2) is 9.51. The van der Waals surface area contributed by atoms with E-state index in [9.17, 15) is 13.6 Å². The van der Waals surface area contributed by atoms with E-state index in [1.807, 2.05) is 11.8 Å². The Morgan fingerprint density at radius 3 is 2.59 bits per heavy atom. The molecule has 0 amide bonds. The molecule has 6 nitrogen and oxygen atoms in total. The second-order valence-electron chi connectivity index (χ2n) is 6.38. The van der Waals surface area contributed by atoms with Crippen molar-refractivity contribution >= 4 is 5.97 Å². The van der Waals surface area contributed by atoms with E-state index in [1.165, 1.54) is 13.2 Å². The highest BCUT2D eigenvalue weighted by atomic mass is 19.3. The molecule has 1 saturated heterocycles.